The van der Waals surface area contributed by atoms with Crippen molar-refractivity contribution in [2.24, 2.45) is 5.92 Å². The normalized spacial score (nSPS) is 17.9. The summed E-state index contributed by atoms with van der Waals surface area (Å²) in [6.45, 7) is 3.57. The summed E-state index contributed by atoms with van der Waals surface area (Å²) in [5.41, 5.74) is 0.584. The fraction of sp³-hybridized carbons (Fsp3) is 0.500. The number of sulfonamides is 1. The molecule has 0 fully saturated rings. The van der Waals surface area contributed by atoms with Crippen LogP contribution in [0.15, 0.2) is 28.0 Å². The average Bonchev–Trinajstić information content (AvgIpc) is 2.73. The summed E-state index contributed by atoms with van der Waals surface area (Å²) in [4.78, 5) is 11.0. The SMILES string of the molecule is CC(C)C[C@@H](NS(=O)(=O)c1ccc2c(c1)S(=O)(=O)CC2)C(=O)O. The standard InChI is InChI=1S/C14H19NO6S2/c1-9(2)7-12(14(16)17)15-23(20,21)11-4-3-10-5-6-22(18,19)13(10)8-11/h3-4,8-9,12,15H,5-7H2,1-2H3,(H,16,17)/t12-/m1/s1. The van der Waals surface area contributed by atoms with Crippen molar-refractivity contribution in [3.63, 3.8) is 0 Å². The number of aryl methyl sites for hydroxylation is 1. The Balaban J connectivity index is 2.35. The molecule has 1 aromatic carbocycles. The van der Waals surface area contributed by atoms with E-state index in [0.717, 1.165) is 6.07 Å². The molecule has 1 atom stereocenters. The van der Waals surface area contributed by atoms with Gasteiger partial charge in [0.15, 0.2) is 9.84 Å². The largest absolute Gasteiger partial charge is 0.480 e. The molecule has 9 heteroatoms. The minimum atomic E-state index is -4.12. The molecule has 0 amide bonds. The molecule has 0 bridgehead atoms. The molecule has 0 saturated heterocycles. The quantitative estimate of drug-likeness (QED) is 0.774. The zero-order valence-corrected chi connectivity index (χ0v) is 14.4. The number of sulfone groups is 1. The third kappa shape index (κ3) is 3.91. The summed E-state index contributed by atoms with van der Waals surface area (Å²) < 4.78 is 50.7. The number of benzene rings is 1. The highest BCUT2D eigenvalue weighted by Gasteiger charge is 2.30. The van der Waals surface area contributed by atoms with Gasteiger partial charge in [-0.3, -0.25) is 4.79 Å². The van der Waals surface area contributed by atoms with Crippen LogP contribution >= 0.6 is 0 Å². The van der Waals surface area contributed by atoms with E-state index < -0.39 is 31.9 Å². The first-order valence-corrected chi connectivity index (χ1v) is 10.3. The summed E-state index contributed by atoms with van der Waals surface area (Å²) in [6.07, 6.45) is 0.494. The first-order valence-electron chi connectivity index (χ1n) is 7.14. The molecule has 0 aliphatic carbocycles. The summed E-state index contributed by atoms with van der Waals surface area (Å²) in [7, 11) is -7.58. The number of carbonyl (C=O) groups is 1. The second-order valence-corrected chi connectivity index (χ2v) is 9.77. The van der Waals surface area contributed by atoms with Crippen molar-refractivity contribution in [1.29, 1.82) is 0 Å². The molecule has 23 heavy (non-hydrogen) atoms. The molecule has 1 aromatic rings. The maximum absolute atomic E-state index is 12.4. The highest BCUT2D eigenvalue weighted by Crippen LogP contribution is 2.28. The van der Waals surface area contributed by atoms with Crippen molar-refractivity contribution >= 4 is 25.8 Å². The minimum absolute atomic E-state index is 0.0103. The van der Waals surface area contributed by atoms with E-state index in [4.69, 9.17) is 5.11 Å². The molecule has 2 rings (SSSR count). The summed E-state index contributed by atoms with van der Waals surface area (Å²) in [5.74, 6) is -1.32. The van der Waals surface area contributed by atoms with Crippen LogP contribution in [0.4, 0.5) is 0 Å². The lowest BCUT2D eigenvalue weighted by atomic mass is 10.1. The Morgan fingerprint density at radius 2 is 2.00 bits per heavy atom. The van der Waals surface area contributed by atoms with E-state index >= 15 is 0 Å². The average molecular weight is 361 g/mol. The van der Waals surface area contributed by atoms with Crippen molar-refractivity contribution < 1.29 is 26.7 Å². The number of hydrogen-bond acceptors (Lipinski definition) is 5. The Labute approximate surface area is 135 Å². The Bertz CT molecular complexity index is 827. The van der Waals surface area contributed by atoms with Crippen molar-refractivity contribution in [1.82, 2.24) is 4.72 Å². The van der Waals surface area contributed by atoms with Crippen molar-refractivity contribution in [3.05, 3.63) is 23.8 Å². The van der Waals surface area contributed by atoms with Gasteiger partial charge in [0.05, 0.1) is 15.5 Å². The lowest BCUT2D eigenvalue weighted by molar-refractivity contribution is -0.139. The van der Waals surface area contributed by atoms with Gasteiger partial charge in [-0.05, 0) is 36.5 Å². The summed E-state index contributed by atoms with van der Waals surface area (Å²) >= 11 is 0. The zero-order chi connectivity index (χ0) is 17.4. The summed E-state index contributed by atoms with van der Waals surface area (Å²) in [5, 5.41) is 9.15. The minimum Gasteiger partial charge on any atom is -0.480 e. The molecule has 128 valence electrons. The number of nitrogens with one attached hydrogen (secondary N) is 1. The smallest absolute Gasteiger partial charge is 0.321 e. The second kappa shape index (κ2) is 6.21. The van der Waals surface area contributed by atoms with Crippen LogP contribution in [0.1, 0.15) is 25.8 Å². The number of carboxylic acid groups (broad SMARTS) is 1. The predicted molar refractivity (Wildman–Crippen MR) is 83.4 cm³/mol. The van der Waals surface area contributed by atoms with E-state index in [1.807, 2.05) is 0 Å². The van der Waals surface area contributed by atoms with Gasteiger partial charge in [0.1, 0.15) is 6.04 Å². The van der Waals surface area contributed by atoms with Crippen LogP contribution in [0.5, 0.6) is 0 Å². The highest BCUT2D eigenvalue weighted by atomic mass is 32.2. The van der Waals surface area contributed by atoms with Gasteiger partial charge in [-0.25, -0.2) is 16.8 Å². The van der Waals surface area contributed by atoms with E-state index in [0.29, 0.717) is 12.0 Å². The van der Waals surface area contributed by atoms with Crippen LogP contribution in [0.3, 0.4) is 0 Å². The predicted octanol–water partition coefficient (Wildman–Crippen LogP) is 0.794. The molecule has 1 heterocycles. The van der Waals surface area contributed by atoms with Gasteiger partial charge < -0.3 is 5.11 Å². The van der Waals surface area contributed by atoms with Crippen LogP contribution < -0.4 is 4.72 Å². The van der Waals surface area contributed by atoms with Crippen LogP contribution in [-0.4, -0.2) is 39.7 Å². The molecular formula is C14H19NO6S2. The number of rotatable bonds is 6. The van der Waals surface area contributed by atoms with Crippen molar-refractivity contribution in [3.8, 4) is 0 Å². The molecule has 1 aliphatic rings. The van der Waals surface area contributed by atoms with E-state index in [1.165, 1.54) is 12.1 Å². The van der Waals surface area contributed by atoms with Crippen molar-refractivity contribution in [2.45, 2.75) is 42.5 Å². The van der Waals surface area contributed by atoms with Gasteiger partial charge in [-0.2, -0.15) is 4.72 Å². The second-order valence-electron chi connectivity index (χ2n) is 5.98. The zero-order valence-electron chi connectivity index (χ0n) is 12.8. The van der Waals surface area contributed by atoms with Crippen molar-refractivity contribution in [2.75, 3.05) is 5.75 Å². The molecule has 2 N–H and O–H groups in total. The van der Waals surface area contributed by atoms with Gasteiger partial charge in [-0.15, -0.1) is 0 Å². The third-order valence-electron chi connectivity index (χ3n) is 3.63. The fourth-order valence-corrected chi connectivity index (χ4v) is 5.37. The maximum Gasteiger partial charge on any atom is 0.321 e. The van der Waals surface area contributed by atoms with E-state index in [1.54, 1.807) is 13.8 Å². The van der Waals surface area contributed by atoms with Crippen LogP contribution in [0, 0.1) is 5.92 Å². The number of aliphatic carboxylic acids is 1. The first kappa shape index (κ1) is 17.9. The van der Waals surface area contributed by atoms with E-state index in [-0.39, 0.29) is 27.9 Å². The molecular weight excluding hydrogens is 342 g/mol. The highest BCUT2D eigenvalue weighted by molar-refractivity contribution is 7.92. The third-order valence-corrected chi connectivity index (χ3v) is 6.89. The molecule has 7 nitrogen and oxygen atoms in total. The molecule has 0 aromatic heterocycles. The van der Waals surface area contributed by atoms with Gasteiger partial charge in [-0.1, -0.05) is 19.9 Å². The Kier molecular flexibility index (Phi) is 4.84. The van der Waals surface area contributed by atoms with Gasteiger partial charge in [0.25, 0.3) is 0 Å². The van der Waals surface area contributed by atoms with E-state index in [2.05, 4.69) is 4.72 Å². The molecule has 0 spiro atoms. The first-order chi connectivity index (χ1) is 10.5. The van der Waals surface area contributed by atoms with Gasteiger partial charge in [0.2, 0.25) is 10.0 Å². The molecule has 1 aliphatic heterocycles. The van der Waals surface area contributed by atoms with Gasteiger partial charge in [0, 0.05) is 0 Å². The summed E-state index contributed by atoms with van der Waals surface area (Å²) in [6, 6.07) is 2.61. The Morgan fingerprint density at radius 1 is 1.35 bits per heavy atom. The number of hydrogen-bond donors (Lipinski definition) is 2. The number of fused-ring (bicyclic) bond motifs is 1. The maximum atomic E-state index is 12.4. The molecule has 0 radical (unpaired) electrons. The molecule has 0 saturated carbocycles. The van der Waals surface area contributed by atoms with Crippen LogP contribution in [0.25, 0.3) is 0 Å². The lowest BCUT2D eigenvalue weighted by Crippen LogP contribution is -2.41. The topological polar surface area (TPSA) is 118 Å². The lowest BCUT2D eigenvalue weighted by Gasteiger charge is -2.17. The fourth-order valence-electron chi connectivity index (χ4n) is 2.48. The monoisotopic (exact) mass is 361 g/mol. The number of carboxylic acids is 1. The Morgan fingerprint density at radius 3 is 2.57 bits per heavy atom. The molecule has 0 unspecified atom stereocenters. The van der Waals surface area contributed by atoms with Crippen LogP contribution in [-0.2, 0) is 31.1 Å². The van der Waals surface area contributed by atoms with Gasteiger partial charge >= 0.3 is 5.97 Å². The Hall–Kier alpha value is -1.45. The van der Waals surface area contributed by atoms with E-state index in [9.17, 15) is 21.6 Å². The van der Waals surface area contributed by atoms with Crippen LogP contribution in [0.2, 0.25) is 0 Å².